The lowest BCUT2D eigenvalue weighted by Crippen LogP contribution is -2.35. The molecule has 21 heavy (non-hydrogen) atoms. The molecule has 1 aromatic rings. The van der Waals surface area contributed by atoms with E-state index in [9.17, 15) is 14.7 Å². The van der Waals surface area contributed by atoms with E-state index in [1.165, 1.54) is 0 Å². The Morgan fingerprint density at radius 3 is 2.38 bits per heavy atom. The van der Waals surface area contributed by atoms with E-state index in [1.807, 2.05) is 55.4 Å². The molecular weight excluding hydrogens is 268 g/mol. The number of hydrogen-bond donors (Lipinski definition) is 2. The first kappa shape index (κ1) is 15.1. The van der Waals surface area contributed by atoms with E-state index in [-0.39, 0.29) is 5.91 Å². The van der Waals surface area contributed by atoms with Crippen molar-refractivity contribution >= 4 is 23.3 Å². The molecule has 1 aliphatic carbocycles. The van der Waals surface area contributed by atoms with Crippen LogP contribution in [0.25, 0.3) is 0 Å². The average Bonchev–Trinajstić information content (AvgIpc) is 2.47. The van der Waals surface area contributed by atoms with Gasteiger partial charge < -0.3 is 15.3 Å². The molecule has 1 amide bonds. The zero-order valence-corrected chi connectivity index (χ0v) is 12.2. The maximum absolute atomic E-state index is 12.4. The van der Waals surface area contributed by atoms with Gasteiger partial charge in [-0.05, 0) is 25.0 Å². The molecule has 2 unspecified atom stereocenters. The molecule has 2 N–H and O–H groups in total. The van der Waals surface area contributed by atoms with Crippen molar-refractivity contribution in [3.63, 3.8) is 0 Å². The highest BCUT2D eigenvalue weighted by atomic mass is 16.4. The summed E-state index contributed by atoms with van der Waals surface area (Å²) in [6.07, 6.45) is 4.58. The van der Waals surface area contributed by atoms with Crippen LogP contribution in [0.15, 0.2) is 36.4 Å². The van der Waals surface area contributed by atoms with E-state index in [1.54, 1.807) is 0 Å². The quantitative estimate of drug-likeness (QED) is 0.834. The van der Waals surface area contributed by atoms with Crippen LogP contribution in [0.1, 0.15) is 12.8 Å². The van der Waals surface area contributed by atoms with E-state index >= 15 is 0 Å². The number of benzene rings is 1. The van der Waals surface area contributed by atoms with Gasteiger partial charge in [-0.25, -0.2) is 0 Å². The van der Waals surface area contributed by atoms with Crippen LogP contribution in [0.3, 0.4) is 0 Å². The van der Waals surface area contributed by atoms with Crippen LogP contribution in [0.5, 0.6) is 0 Å². The fraction of sp³-hybridized carbons (Fsp3) is 0.375. The molecule has 0 saturated carbocycles. The van der Waals surface area contributed by atoms with Gasteiger partial charge in [-0.15, -0.1) is 0 Å². The summed E-state index contributed by atoms with van der Waals surface area (Å²) < 4.78 is 0. The highest BCUT2D eigenvalue weighted by Crippen LogP contribution is 2.29. The maximum Gasteiger partial charge on any atom is 0.307 e. The molecule has 1 aromatic carbocycles. The molecule has 0 aromatic heterocycles. The largest absolute Gasteiger partial charge is 0.481 e. The molecular formula is C16H20N2O3. The van der Waals surface area contributed by atoms with Crippen LogP contribution in [0.2, 0.25) is 0 Å². The van der Waals surface area contributed by atoms with Gasteiger partial charge in [0.2, 0.25) is 5.91 Å². The first-order valence-corrected chi connectivity index (χ1v) is 6.95. The number of carbonyl (C=O) groups excluding carboxylic acids is 1. The minimum atomic E-state index is -0.916. The van der Waals surface area contributed by atoms with Crippen LogP contribution < -0.4 is 10.2 Å². The molecule has 0 fully saturated rings. The van der Waals surface area contributed by atoms with Gasteiger partial charge in [0.1, 0.15) is 0 Å². The van der Waals surface area contributed by atoms with Crippen LogP contribution in [-0.4, -0.2) is 31.1 Å². The summed E-state index contributed by atoms with van der Waals surface area (Å²) in [5.74, 6) is -2.33. The zero-order chi connectivity index (χ0) is 15.4. The van der Waals surface area contributed by atoms with Crippen molar-refractivity contribution in [2.24, 2.45) is 11.8 Å². The van der Waals surface area contributed by atoms with Gasteiger partial charge in [-0.3, -0.25) is 9.59 Å². The summed E-state index contributed by atoms with van der Waals surface area (Å²) in [4.78, 5) is 25.6. The fourth-order valence-electron chi connectivity index (χ4n) is 2.57. The predicted octanol–water partition coefficient (Wildman–Crippen LogP) is 2.36. The number of carboxylic acids is 1. The van der Waals surface area contributed by atoms with E-state index in [4.69, 9.17) is 0 Å². The lowest BCUT2D eigenvalue weighted by molar-refractivity contribution is -0.146. The smallest absolute Gasteiger partial charge is 0.307 e. The molecule has 5 heteroatoms. The molecule has 2 rings (SSSR count). The number of nitrogens with one attached hydrogen (secondary N) is 1. The Labute approximate surface area is 124 Å². The van der Waals surface area contributed by atoms with Crippen molar-refractivity contribution in [1.29, 1.82) is 0 Å². The Hall–Kier alpha value is -2.30. The number of allylic oxidation sites excluding steroid dienone is 2. The van der Waals surface area contributed by atoms with E-state index in [2.05, 4.69) is 5.32 Å². The van der Waals surface area contributed by atoms with Crippen molar-refractivity contribution in [2.75, 3.05) is 24.3 Å². The van der Waals surface area contributed by atoms with Crippen molar-refractivity contribution < 1.29 is 14.7 Å². The highest BCUT2D eigenvalue weighted by Gasteiger charge is 2.34. The first-order chi connectivity index (χ1) is 10.0. The van der Waals surface area contributed by atoms with Crippen LogP contribution in [0, 0.1) is 11.8 Å². The molecule has 0 radical (unpaired) electrons. The minimum Gasteiger partial charge on any atom is -0.481 e. The van der Waals surface area contributed by atoms with Crippen LogP contribution in [0.4, 0.5) is 11.4 Å². The SMILES string of the molecule is CN(C)c1ccccc1NC(=O)C1CC=CCC1C(=O)O. The molecule has 0 heterocycles. The molecule has 1 aliphatic rings. The summed E-state index contributed by atoms with van der Waals surface area (Å²) in [5.41, 5.74) is 1.59. The number of nitrogens with zero attached hydrogens (tertiary/aromatic N) is 1. The molecule has 0 saturated heterocycles. The second-order valence-electron chi connectivity index (χ2n) is 5.39. The first-order valence-electron chi connectivity index (χ1n) is 6.95. The Kier molecular flexibility index (Phi) is 4.62. The van der Waals surface area contributed by atoms with E-state index in [0.717, 1.165) is 5.69 Å². The summed E-state index contributed by atoms with van der Waals surface area (Å²) in [6.45, 7) is 0. The minimum absolute atomic E-state index is 0.235. The Bertz CT molecular complexity index is 566. The number of rotatable bonds is 4. The fourth-order valence-corrected chi connectivity index (χ4v) is 2.57. The lowest BCUT2D eigenvalue weighted by atomic mass is 9.82. The number of anilines is 2. The highest BCUT2D eigenvalue weighted by molar-refractivity contribution is 5.98. The summed E-state index contributed by atoms with van der Waals surface area (Å²) in [7, 11) is 3.79. The standard InChI is InChI=1S/C16H20N2O3/c1-18(2)14-10-6-5-9-13(14)17-15(19)11-7-3-4-8-12(11)16(20)21/h3-6,9-12H,7-8H2,1-2H3,(H,17,19)(H,20,21). The average molecular weight is 288 g/mol. The normalized spacial score (nSPS) is 20.9. The Morgan fingerprint density at radius 1 is 1.14 bits per heavy atom. The van der Waals surface area contributed by atoms with Crippen molar-refractivity contribution in [3.05, 3.63) is 36.4 Å². The molecule has 0 aliphatic heterocycles. The summed E-state index contributed by atoms with van der Waals surface area (Å²) in [6, 6.07) is 7.47. The molecule has 0 bridgehead atoms. The lowest BCUT2D eigenvalue weighted by Gasteiger charge is -2.25. The van der Waals surface area contributed by atoms with Gasteiger partial charge in [0.05, 0.1) is 23.2 Å². The number of hydrogen-bond acceptors (Lipinski definition) is 3. The summed E-state index contributed by atoms with van der Waals surface area (Å²) >= 11 is 0. The monoisotopic (exact) mass is 288 g/mol. The molecule has 112 valence electrons. The maximum atomic E-state index is 12.4. The number of carbonyl (C=O) groups is 2. The molecule has 5 nitrogen and oxygen atoms in total. The van der Waals surface area contributed by atoms with Crippen molar-refractivity contribution in [3.8, 4) is 0 Å². The van der Waals surface area contributed by atoms with Gasteiger partial charge in [0.25, 0.3) is 0 Å². The molecule has 2 atom stereocenters. The van der Waals surface area contributed by atoms with Gasteiger partial charge in [-0.2, -0.15) is 0 Å². The second-order valence-corrected chi connectivity index (χ2v) is 5.39. The second kappa shape index (κ2) is 6.43. The Morgan fingerprint density at radius 2 is 1.76 bits per heavy atom. The third-order valence-corrected chi connectivity index (χ3v) is 3.73. The van der Waals surface area contributed by atoms with Crippen molar-refractivity contribution in [2.45, 2.75) is 12.8 Å². The summed E-state index contributed by atoms with van der Waals surface area (Å²) in [5, 5.41) is 12.1. The number of amides is 1. The van der Waals surface area contributed by atoms with Crippen molar-refractivity contribution in [1.82, 2.24) is 0 Å². The van der Waals surface area contributed by atoms with E-state index < -0.39 is 17.8 Å². The molecule has 0 spiro atoms. The Balaban J connectivity index is 2.18. The zero-order valence-electron chi connectivity index (χ0n) is 12.2. The third-order valence-electron chi connectivity index (χ3n) is 3.73. The van der Waals surface area contributed by atoms with Gasteiger partial charge in [-0.1, -0.05) is 24.3 Å². The van der Waals surface area contributed by atoms with Gasteiger partial charge >= 0.3 is 5.97 Å². The van der Waals surface area contributed by atoms with Gasteiger partial charge in [0, 0.05) is 14.1 Å². The third kappa shape index (κ3) is 3.42. The topological polar surface area (TPSA) is 69.6 Å². The number of para-hydroxylation sites is 2. The number of carboxylic acid groups (broad SMARTS) is 1. The van der Waals surface area contributed by atoms with Crippen LogP contribution in [-0.2, 0) is 9.59 Å². The van der Waals surface area contributed by atoms with Crippen LogP contribution >= 0.6 is 0 Å². The van der Waals surface area contributed by atoms with Gasteiger partial charge in [0.15, 0.2) is 0 Å². The predicted molar refractivity (Wildman–Crippen MR) is 82.4 cm³/mol. The number of aliphatic carboxylic acids is 1. The van der Waals surface area contributed by atoms with E-state index in [0.29, 0.717) is 18.5 Å².